The molecule has 0 bridgehead atoms. The summed E-state index contributed by atoms with van der Waals surface area (Å²) >= 11 is 0. The van der Waals surface area contributed by atoms with Crippen molar-refractivity contribution >= 4 is 21.7 Å². The number of benzene rings is 2. The van der Waals surface area contributed by atoms with Crippen molar-refractivity contribution in [3.8, 4) is 0 Å². The summed E-state index contributed by atoms with van der Waals surface area (Å²) in [6.45, 7) is 1.93. The SMILES string of the molecule is Cc1ccc(S(=O)(=O)OCCc2cccc3c2CC(=O)N3)cc1. The van der Waals surface area contributed by atoms with Crippen molar-refractivity contribution in [3.63, 3.8) is 0 Å². The fourth-order valence-corrected chi connectivity index (χ4v) is 3.49. The third kappa shape index (κ3) is 3.43. The zero-order valence-corrected chi connectivity index (χ0v) is 13.5. The van der Waals surface area contributed by atoms with E-state index in [0.29, 0.717) is 12.8 Å². The lowest BCUT2D eigenvalue weighted by Gasteiger charge is -2.09. The van der Waals surface area contributed by atoms with Gasteiger partial charge in [0.1, 0.15) is 0 Å². The van der Waals surface area contributed by atoms with Crippen LogP contribution in [-0.2, 0) is 31.9 Å². The summed E-state index contributed by atoms with van der Waals surface area (Å²) in [5.41, 5.74) is 3.64. The van der Waals surface area contributed by atoms with Gasteiger partial charge in [-0.2, -0.15) is 8.42 Å². The summed E-state index contributed by atoms with van der Waals surface area (Å²) in [5.74, 6) is -0.0411. The first-order valence-corrected chi connectivity index (χ1v) is 8.73. The Morgan fingerprint density at radius 1 is 1.13 bits per heavy atom. The van der Waals surface area contributed by atoms with E-state index in [9.17, 15) is 13.2 Å². The van der Waals surface area contributed by atoms with Crippen LogP contribution in [0.5, 0.6) is 0 Å². The number of amides is 1. The standard InChI is InChI=1S/C17H17NO4S/c1-12-5-7-14(8-6-12)23(20,21)22-10-9-13-3-2-4-16-15(13)11-17(19)18-16/h2-8H,9-11H2,1H3,(H,18,19). The van der Waals surface area contributed by atoms with Crippen molar-refractivity contribution in [2.75, 3.05) is 11.9 Å². The summed E-state index contributed by atoms with van der Waals surface area (Å²) in [6.07, 6.45) is 0.763. The summed E-state index contributed by atoms with van der Waals surface area (Å²) in [4.78, 5) is 11.6. The monoisotopic (exact) mass is 331 g/mol. The highest BCUT2D eigenvalue weighted by Gasteiger charge is 2.21. The molecular formula is C17H17NO4S. The van der Waals surface area contributed by atoms with Crippen LogP contribution < -0.4 is 5.32 Å². The summed E-state index contributed by atoms with van der Waals surface area (Å²) < 4.78 is 29.4. The molecule has 120 valence electrons. The topological polar surface area (TPSA) is 72.5 Å². The highest BCUT2D eigenvalue weighted by molar-refractivity contribution is 7.86. The molecule has 1 N–H and O–H groups in total. The van der Waals surface area contributed by atoms with Crippen molar-refractivity contribution in [2.45, 2.75) is 24.7 Å². The average Bonchev–Trinajstić information content (AvgIpc) is 2.89. The number of hydrogen-bond acceptors (Lipinski definition) is 4. The Bertz CT molecular complexity index is 841. The molecule has 1 heterocycles. The van der Waals surface area contributed by atoms with Crippen molar-refractivity contribution in [1.29, 1.82) is 0 Å². The Morgan fingerprint density at radius 2 is 1.87 bits per heavy atom. The maximum atomic E-state index is 12.1. The summed E-state index contributed by atoms with van der Waals surface area (Å²) in [7, 11) is -3.75. The molecule has 0 saturated carbocycles. The van der Waals surface area contributed by atoms with Gasteiger partial charge in [0.2, 0.25) is 5.91 Å². The van der Waals surface area contributed by atoms with Gasteiger partial charge in [0.05, 0.1) is 17.9 Å². The normalized spacial score (nSPS) is 13.7. The number of fused-ring (bicyclic) bond motifs is 1. The first-order valence-electron chi connectivity index (χ1n) is 7.32. The van der Waals surface area contributed by atoms with Crippen molar-refractivity contribution < 1.29 is 17.4 Å². The first kappa shape index (κ1) is 15.7. The van der Waals surface area contributed by atoms with Crippen LogP contribution in [0, 0.1) is 6.92 Å². The van der Waals surface area contributed by atoms with E-state index in [0.717, 1.165) is 22.4 Å². The number of nitrogens with one attached hydrogen (secondary N) is 1. The molecule has 0 saturated heterocycles. The van der Waals surface area contributed by atoms with Gasteiger partial charge >= 0.3 is 0 Å². The minimum Gasteiger partial charge on any atom is -0.326 e. The molecule has 0 aromatic heterocycles. The largest absolute Gasteiger partial charge is 0.326 e. The van der Waals surface area contributed by atoms with Gasteiger partial charge in [-0.25, -0.2) is 0 Å². The van der Waals surface area contributed by atoms with Crippen LogP contribution in [0.3, 0.4) is 0 Å². The number of hydrogen-bond donors (Lipinski definition) is 1. The Balaban J connectivity index is 1.67. The molecule has 0 spiro atoms. The van der Waals surface area contributed by atoms with Crippen LogP contribution in [0.1, 0.15) is 16.7 Å². The number of carbonyl (C=O) groups is 1. The van der Waals surface area contributed by atoms with E-state index >= 15 is 0 Å². The molecule has 6 heteroatoms. The Hall–Kier alpha value is -2.18. The van der Waals surface area contributed by atoms with E-state index in [2.05, 4.69) is 5.32 Å². The summed E-state index contributed by atoms with van der Waals surface area (Å²) in [6, 6.07) is 12.1. The highest BCUT2D eigenvalue weighted by Crippen LogP contribution is 2.26. The maximum Gasteiger partial charge on any atom is 0.296 e. The van der Waals surface area contributed by atoms with Crippen molar-refractivity contribution in [3.05, 3.63) is 59.2 Å². The predicted octanol–water partition coefficient (Wildman–Crippen LogP) is 2.44. The molecule has 1 amide bonds. The van der Waals surface area contributed by atoms with Gasteiger partial charge in [0, 0.05) is 5.69 Å². The lowest BCUT2D eigenvalue weighted by molar-refractivity contribution is -0.115. The van der Waals surface area contributed by atoms with Gasteiger partial charge in [-0.3, -0.25) is 8.98 Å². The van der Waals surface area contributed by atoms with Gasteiger partial charge in [0.25, 0.3) is 10.1 Å². The van der Waals surface area contributed by atoms with E-state index in [1.165, 1.54) is 12.1 Å². The molecule has 0 radical (unpaired) electrons. The van der Waals surface area contributed by atoms with Crippen LogP contribution in [0.25, 0.3) is 0 Å². The van der Waals surface area contributed by atoms with E-state index in [4.69, 9.17) is 4.18 Å². The molecule has 2 aromatic rings. The molecule has 2 aromatic carbocycles. The Morgan fingerprint density at radius 3 is 2.61 bits per heavy atom. The lowest BCUT2D eigenvalue weighted by Crippen LogP contribution is -2.10. The van der Waals surface area contributed by atoms with Crippen molar-refractivity contribution in [2.24, 2.45) is 0 Å². The lowest BCUT2D eigenvalue weighted by atomic mass is 10.0. The zero-order valence-electron chi connectivity index (χ0n) is 12.7. The van der Waals surface area contributed by atoms with E-state index in [1.807, 2.05) is 25.1 Å². The molecular weight excluding hydrogens is 314 g/mol. The van der Waals surface area contributed by atoms with Crippen LogP contribution in [0.2, 0.25) is 0 Å². The second kappa shape index (κ2) is 6.14. The van der Waals surface area contributed by atoms with Gasteiger partial charge < -0.3 is 5.32 Å². The molecule has 0 atom stereocenters. The molecule has 5 nitrogen and oxygen atoms in total. The van der Waals surface area contributed by atoms with Gasteiger partial charge in [-0.1, -0.05) is 29.8 Å². The minimum atomic E-state index is -3.75. The second-order valence-electron chi connectivity index (χ2n) is 5.51. The molecule has 0 fully saturated rings. The van der Waals surface area contributed by atoms with Crippen LogP contribution >= 0.6 is 0 Å². The second-order valence-corrected chi connectivity index (χ2v) is 7.12. The summed E-state index contributed by atoms with van der Waals surface area (Å²) in [5, 5.41) is 2.78. The third-order valence-electron chi connectivity index (χ3n) is 3.80. The van der Waals surface area contributed by atoms with Gasteiger partial charge in [-0.15, -0.1) is 0 Å². The maximum absolute atomic E-state index is 12.1. The molecule has 0 aliphatic carbocycles. The molecule has 3 rings (SSSR count). The highest BCUT2D eigenvalue weighted by atomic mass is 32.2. The smallest absolute Gasteiger partial charge is 0.296 e. The van der Waals surface area contributed by atoms with Crippen LogP contribution in [-0.4, -0.2) is 20.9 Å². The van der Waals surface area contributed by atoms with Crippen LogP contribution in [0.4, 0.5) is 5.69 Å². The number of anilines is 1. The minimum absolute atomic E-state index is 0.0411. The van der Waals surface area contributed by atoms with Crippen molar-refractivity contribution in [1.82, 2.24) is 0 Å². The molecule has 1 aliphatic heterocycles. The number of aryl methyl sites for hydroxylation is 1. The Kier molecular flexibility index (Phi) is 4.19. The molecule has 0 unspecified atom stereocenters. The fraction of sp³-hybridized carbons (Fsp3) is 0.235. The average molecular weight is 331 g/mol. The first-order chi connectivity index (χ1) is 11.0. The van der Waals surface area contributed by atoms with E-state index < -0.39 is 10.1 Å². The quantitative estimate of drug-likeness (QED) is 0.854. The fourth-order valence-electron chi connectivity index (χ4n) is 2.58. The third-order valence-corrected chi connectivity index (χ3v) is 5.13. The predicted molar refractivity (Wildman–Crippen MR) is 86.8 cm³/mol. The Labute approximate surface area is 135 Å². The van der Waals surface area contributed by atoms with E-state index in [1.54, 1.807) is 12.1 Å². The molecule has 23 heavy (non-hydrogen) atoms. The molecule has 1 aliphatic rings. The van der Waals surface area contributed by atoms with Crippen LogP contribution in [0.15, 0.2) is 47.4 Å². The zero-order chi connectivity index (χ0) is 16.4. The number of carbonyl (C=O) groups excluding carboxylic acids is 1. The van der Waals surface area contributed by atoms with Gasteiger partial charge in [-0.05, 0) is 42.7 Å². The van der Waals surface area contributed by atoms with E-state index in [-0.39, 0.29) is 17.4 Å². The number of rotatable bonds is 5. The van der Waals surface area contributed by atoms with Gasteiger partial charge in [0.15, 0.2) is 0 Å².